The van der Waals surface area contributed by atoms with Gasteiger partial charge in [-0.2, -0.15) is 5.10 Å². The van der Waals surface area contributed by atoms with E-state index in [1.807, 2.05) is 6.07 Å². The van der Waals surface area contributed by atoms with E-state index >= 15 is 0 Å². The highest BCUT2D eigenvalue weighted by molar-refractivity contribution is 9.10. The van der Waals surface area contributed by atoms with Crippen LogP contribution in [0.15, 0.2) is 82.4 Å². The summed E-state index contributed by atoms with van der Waals surface area (Å²) in [4.78, 5) is 12.1. The molecule has 0 atom stereocenters. The van der Waals surface area contributed by atoms with Crippen molar-refractivity contribution in [3.8, 4) is 5.75 Å². The maximum Gasteiger partial charge on any atom is 0.343 e. The molecular formula is C21H15BrFN3O2S. The number of hydrogen-bond acceptors (Lipinski definition) is 4. The van der Waals surface area contributed by atoms with Gasteiger partial charge in [0.05, 0.1) is 11.8 Å². The summed E-state index contributed by atoms with van der Waals surface area (Å²) < 4.78 is 19.0. The third-order valence-electron chi connectivity index (χ3n) is 3.63. The first-order chi connectivity index (χ1) is 14.0. The molecular weight excluding hydrogens is 457 g/mol. The Morgan fingerprint density at radius 2 is 1.79 bits per heavy atom. The number of thiocarbonyl (C=S) groups is 1. The lowest BCUT2D eigenvalue weighted by Gasteiger charge is -2.07. The molecule has 0 aliphatic heterocycles. The molecule has 146 valence electrons. The van der Waals surface area contributed by atoms with Gasteiger partial charge < -0.3 is 10.1 Å². The molecule has 0 fully saturated rings. The van der Waals surface area contributed by atoms with Gasteiger partial charge in [-0.3, -0.25) is 5.43 Å². The zero-order chi connectivity index (χ0) is 20.6. The van der Waals surface area contributed by atoms with E-state index in [2.05, 4.69) is 31.8 Å². The zero-order valence-corrected chi connectivity index (χ0v) is 17.3. The molecule has 2 N–H and O–H groups in total. The third-order valence-corrected chi connectivity index (χ3v) is 4.32. The fraction of sp³-hybridized carbons (Fsp3) is 0. The monoisotopic (exact) mass is 471 g/mol. The lowest BCUT2D eigenvalue weighted by atomic mass is 10.2. The molecule has 29 heavy (non-hydrogen) atoms. The van der Waals surface area contributed by atoms with Crippen molar-refractivity contribution < 1.29 is 13.9 Å². The number of benzene rings is 3. The molecule has 3 rings (SSSR count). The van der Waals surface area contributed by atoms with Gasteiger partial charge >= 0.3 is 5.97 Å². The first-order valence-corrected chi connectivity index (χ1v) is 9.63. The summed E-state index contributed by atoms with van der Waals surface area (Å²) in [6.45, 7) is 0. The summed E-state index contributed by atoms with van der Waals surface area (Å²) in [5.41, 5.74) is 4.56. The van der Waals surface area contributed by atoms with Crippen LogP contribution in [-0.2, 0) is 0 Å². The van der Waals surface area contributed by atoms with Crippen molar-refractivity contribution in [2.24, 2.45) is 5.10 Å². The van der Waals surface area contributed by atoms with Gasteiger partial charge in [0, 0.05) is 10.2 Å². The summed E-state index contributed by atoms with van der Waals surface area (Å²) in [5.74, 6) is -0.335. The van der Waals surface area contributed by atoms with E-state index in [0.29, 0.717) is 17.0 Å². The minimum Gasteiger partial charge on any atom is -0.423 e. The molecule has 8 heteroatoms. The molecule has 0 aliphatic rings. The summed E-state index contributed by atoms with van der Waals surface area (Å²) >= 11 is 8.44. The molecule has 0 bridgehead atoms. The van der Waals surface area contributed by atoms with Gasteiger partial charge in [-0.25, -0.2) is 9.18 Å². The van der Waals surface area contributed by atoms with E-state index in [-0.39, 0.29) is 10.9 Å². The number of ether oxygens (including phenoxy) is 1. The van der Waals surface area contributed by atoms with E-state index in [1.165, 1.54) is 12.1 Å². The highest BCUT2D eigenvalue weighted by Crippen LogP contribution is 2.16. The van der Waals surface area contributed by atoms with Crippen molar-refractivity contribution in [1.29, 1.82) is 0 Å². The van der Waals surface area contributed by atoms with Crippen LogP contribution in [-0.4, -0.2) is 17.3 Å². The molecule has 0 unspecified atom stereocenters. The number of nitrogens with zero attached hydrogens (tertiary/aromatic N) is 1. The Morgan fingerprint density at radius 3 is 2.48 bits per heavy atom. The predicted octanol–water partition coefficient (Wildman–Crippen LogP) is 5.13. The number of carbonyl (C=O) groups is 1. The standard InChI is InChI=1S/C21H15BrFN3O2S/c22-16-3-1-2-15(12-16)20(27)28-19-10-4-14(5-11-19)13-24-26-21(29)25-18-8-6-17(23)7-9-18/h1-13H,(H2,25,26,29)/b24-13+. The lowest BCUT2D eigenvalue weighted by Crippen LogP contribution is -2.23. The Kier molecular flexibility index (Phi) is 7.04. The Labute approximate surface area is 180 Å². The van der Waals surface area contributed by atoms with Crippen molar-refractivity contribution in [3.63, 3.8) is 0 Å². The topological polar surface area (TPSA) is 62.7 Å². The summed E-state index contributed by atoms with van der Waals surface area (Å²) in [5, 5.41) is 7.19. The fourth-order valence-electron chi connectivity index (χ4n) is 2.26. The summed E-state index contributed by atoms with van der Waals surface area (Å²) in [7, 11) is 0. The molecule has 0 aromatic heterocycles. The van der Waals surface area contributed by atoms with Crippen LogP contribution in [0.1, 0.15) is 15.9 Å². The van der Waals surface area contributed by atoms with Crippen molar-refractivity contribution in [2.45, 2.75) is 0 Å². The third kappa shape index (κ3) is 6.48. The number of hydrogen-bond donors (Lipinski definition) is 2. The maximum absolute atomic E-state index is 12.9. The highest BCUT2D eigenvalue weighted by atomic mass is 79.9. The molecule has 0 saturated carbocycles. The van der Waals surface area contributed by atoms with Crippen molar-refractivity contribution in [3.05, 3.63) is 94.2 Å². The molecule has 3 aromatic carbocycles. The number of esters is 1. The van der Waals surface area contributed by atoms with Crippen LogP contribution in [0.5, 0.6) is 5.75 Å². The second-order valence-corrected chi connectivity index (χ2v) is 7.12. The van der Waals surface area contributed by atoms with Crippen LogP contribution in [0.25, 0.3) is 0 Å². The smallest absolute Gasteiger partial charge is 0.343 e. The van der Waals surface area contributed by atoms with E-state index in [0.717, 1.165) is 10.0 Å². The first kappa shape index (κ1) is 20.6. The van der Waals surface area contributed by atoms with E-state index < -0.39 is 5.97 Å². The van der Waals surface area contributed by atoms with E-state index in [1.54, 1.807) is 60.8 Å². The van der Waals surface area contributed by atoms with Gasteiger partial charge in [-0.05, 0) is 84.5 Å². The van der Waals surface area contributed by atoms with Crippen LogP contribution in [0.2, 0.25) is 0 Å². The molecule has 0 saturated heterocycles. The molecule has 0 aliphatic carbocycles. The van der Waals surface area contributed by atoms with Gasteiger partial charge in [0.1, 0.15) is 11.6 Å². The van der Waals surface area contributed by atoms with E-state index in [9.17, 15) is 9.18 Å². The minimum atomic E-state index is -0.438. The minimum absolute atomic E-state index is 0.271. The van der Waals surface area contributed by atoms with Crippen molar-refractivity contribution in [2.75, 3.05) is 5.32 Å². The molecule has 0 radical (unpaired) electrons. The van der Waals surface area contributed by atoms with Crippen molar-refractivity contribution >= 4 is 51.1 Å². The Morgan fingerprint density at radius 1 is 1.07 bits per heavy atom. The number of carbonyl (C=O) groups excluding carboxylic acids is 1. The van der Waals surface area contributed by atoms with Gasteiger partial charge in [0.15, 0.2) is 5.11 Å². The Bertz CT molecular complexity index is 1040. The second kappa shape index (κ2) is 9.90. The normalized spacial score (nSPS) is 10.6. The Hall–Kier alpha value is -3.10. The number of hydrazone groups is 1. The second-order valence-electron chi connectivity index (χ2n) is 5.80. The average molecular weight is 472 g/mol. The average Bonchev–Trinajstić information content (AvgIpc) is 2.71. The van der Waals surface area contributed by atoms with Crippen LogP contribution in [0.3, 0.4) is 0 Å². The number of anilines is 1. The predicted molar refractivity (Wildman–Crippen MR) is 119 cm³/mol. The largest absolute Gasteiger partial charge is 0.423 e. The van der Waals surface area contributed by atoms with Gasteiger partial charge in [0.25, 0.3) is 0 Å². The zero-order valence-electron chi connectivity index (χ0n) is 14.9. The lowest BCUT2D eigenvalue weighted by molar-refractivity contribution is 0.0734. The van der Waals surface area contributed by atoms with Crippen molar-refractivity contribution in [1.82, 2.24) is 5.43 Å². The Balaban J connectivity index is 1.51. The molecule has 0 heterocycles. The summed E-state index contributed by atoms with van der Waals surface area (Å²) in [6, 6.07) is 19.6. The maximum atomic E-state index is 12.9. The van der Waals surface area contributed by atoms with Crippen LogP contribution in [0, 0.1) is 5.82 Å². The van der Waals surface area contributed by atoms with E-state index in [4.69, 9.17) is 17.0 Å². The molecule has 0 spiro atoms. The summed E-state index contributed by atoms with van der Waals surface area (Å²) in [6.07, 6.45) is 1.57. The van der Waals surface area contributed by atoms with Crippen LogP contribution < -0.4 is 15.5 Å². The first-order valence-electron chi connectivity index (χ1n) is 8.43. The number of rotatable bonds is 5. The number of nitrogens with one attached hydrogen (secondary N) is 2. The molecule has 0 amide bonds. The van der Waals surface area contributed by atoms with Crippen LogP contribution >= 0.6 is 28.1 Å². The van der Waals surface area contributed by atoms with Crippen LogP contribution in [0.4, 0.5) is 10.1 Å². The van der Waals surface area contributed by atoms with Gasteiger partial charge in [0.2, 0.25) is 0 Å². The molecule has 3 aromatic rings. The quantitative estimate of drug-likeness (QED) is 0.177. The number of halogens is 2. The molecule has 5 nitrogen and oxygen atoms in total. The SMILES string of the molecule is O=C(Oc1ccc(/C=N/NC(=S)Nc2ccc(F)cc2)cc1)c1cccc(Br)c1. The highest BCUT2D eigenvalue weighted by Gasteiger charge is 2.08. The fourth-order valence-corrected chi connectivity index (χ4v) is 2.83. The van der Waals surface area contributed by atoms with Gasteiger partial charge in [-0.15, -0.1) is 0 Å². The van der Waals surface area contributed by atoms with Gasteiger partial charge in [-0.1, -0.05) is 22.0 Å².